The number of benzene rings is 2. The van der Waals surface area contributed by atoms with E-state index >= 15 is 0 Å². The van der Waals surface area contributed by atoms with Crippen molar-refractivity contribution in [2.24, 2.45) is 0 Å². The molecule has 0 fully saturated rings. The second-order valence-corrected chi connectivity index (χ2v) is 8.82. The molecule has 0 aliphatic carbocycles. The highest BCUT2D eigenvalue weighted by molar-refractivity contribution is 7.89. The van der Waals surface area contributed by atoms with Crippen LogP contribution in [-0.4, -0.2) is 37.3 Å². The van der Waals surface area contributed by atoms with Gasteiger partial charge in [0.2, 0.25) is 0 Å². The van der Waals surface area contributed by atoms with E-state index in [0.29, 0.717) is 48.5 Å². The Labute approximate surface area is 184 Å². The highest BCUT2D eigenvalue weighted by Gasteiger charge is 2.22. The molecule has 2 N–H and O–H groups in total. The van der Waals surface area contributed by atoms with Gasteiger partial charge >= 0.3 is 0 Å². The van der Waals surface area contributed by atoms with Gasteiger partial charge in [0, 0.05) is 18.0 Å². The van der Waals surface area contributed by atoms with Crippen molar-refractivity contribution >= 4 is 26.7 Å². The number of fused-ring (bicyclic) bond motifs is 2. The number of nitrogens with zero attached hydrogens (tertiary/aromatic N) is 2. The molecular formula is C21H22N4O6S. The van der Waals surface area contributed by atoms with Gasteiger partial charge in [0.1, 0.15) is 13.2 Å². The summed E-state index contributed by atoms with van der Waals surface area (Å²) < 4.78 is 37.4. The van der Waals surface area contributed by atoms with Crippen molar-refractivity contribution in [3.63, 3.8) is 0 Å². The number of unbranched alkanes of at least 4 members (excludes halogenated alkanes) is 1. The number of aromatic nitrogens is 2. The molecule has 0 atom stereocenters. The van der Waals surface area contributed by atoms with Crippen LogP contribution in [0.1, 0.15) is 30.3 Å². The number of hydrogen-bond acceptors (Lipinski definition) is 7. The lowest BCUT2D eigenvalue weighted by molar-refractivity contribution is 0.0939. The first-order valence-electron chi connectivity index (χ1n) is 10.1. The first kappa shape index (κ1) is 21.8. The first-order valence-corrected chi connectivity index (χ1v) is 11.6. The lowest BCUT2D eigenvalue weighted by Crippen LogP contribution is -2.42. The number of carbonyl (C=O) groups excluding carboxylic acids is 1. The molecule has 0 radical (unpaired) electrons. The van der Waals surface area contributed by atoms with E-state index in [4.69, 9.17) is 9.47 Å². The number of amides is 1. The molecule has 0 saturated carbocycles. The van der Waals surface area contributed by atoms with Crippen LogP contribution in [0, 0.1) is 0 Å². The van der Waals surface area contributed by atoms with Crippen LogP contribution in [0.2, 0.25) is 0 Å². The van der Waals surface area contributed by atoms with E-state index in [9.17, 15) is 18.0 Å². The van der Waals surface area contributed by atoms with E-state index in [0.717, 1.165) is 6.42 Å². The molecule has 0 spiro atoms. The van der Waals surface area contributed by atoms with Gasteiger partial charge in [-0.3, -0.25) is 15.0 Å². The molecule has 0 bridgehead atoms. The van der Waals surface area contributed by atoms with Gasteiger partial charge in [-0.05, 0) is 24.6 Å². The van der Waals surface area contributed by atoms with Crippen molar-refractivity contribution in [1.29, 1.82) is 0 Å². The van der Waals surface area contributed by atoms with Crippen molar-refractivity contribution < 1.29 is 22.7 Å². The van der Waals surface area contributed by atoms with Gasteiger partial charge in [-0.2, -0.15) is 5.10 Å². The summed E-state index contributed by atoms with van der Waals surface area (Å²) >= 11 is 0. The lowest BCUT2D eigenvalue weighted by atomic mass is 10.1. The Morgan fingerprint density at radius 2 is 1.81 bits per heavy atom. The second kappa shape index (κ2) is 8.97. The van der Waals surface area contributed by atoms with Crippen LogP contribution in [-0.2, 0) is 16.6 Å². The zero-order valence-electron chi connectivity index (χ0n) is 17.3. The predicted molar refractivity (Wildman–Crippen MR) is 116 cm³/mol. The minimum atomic E-state index is -4.10. The molecule has 168 valence electrons. The third kappa shape index (κ3) is 4.30. The molecule has 1 aliphatic rings. The van der Waals surface area contributed by atoms with E-state index in [2.05, 4.69) is 15.4 Å². The second-order valence-electron chi connectivity index (χ2n) is 7.14. The molecule has 2 aromatic carbocycles. The smallest absolute Gasteiger partial charge is 0.287 e. The Morgan fingerprint density at radius 3 is 2.56 bits per heavy atom. The van der Waals surface area contributed by atoms with Crippen molar-refractivity contribution in [2.75, 3.05) is 13.2 Å². The van der Waals surface area contributed by atoms with Crippen LogP contribution in [0.3, 0.4) is 0 Å². The number of aryl methyl sites for hydroxylation is 1. The third-order valence-electron chi connectivity index (χ3n) is 4.93. The number of ether oxygens (including phenoxy) is 2. The molecule has 0 unspecified atom stereocenters. The normalized spacial score (nSPS) is 13.2. The average Bonchev–Trinajstić information content (AvgIpc) is 2.82. The maximum absolute atomic E-state index is 12.8. The van der Waals surface area contributed by atoms with Crippen LogP contribution in [0.15, 0.2) is 52.2 Å². The molecule has 11 heteroatoms. The van der Waals surface area contributed by atoms with Crippen molar-refractivity contribution in [3.05, 3.63) is 58.5 Å². The Balaban J connectivity index is 1.60. The van der Waals surface area contributed by atoms with E-state index in [1.54, 1.807) is 24.3 Å². The molecule has 1 aromatic heterocycles. The summed E-state index contributed by atoms with van der Waals surface area (Å²) in [5, 5.41) is 4.86. The van der Waals surface area contributed by atoms with Crippen molar-refractivity contribution in [2.45, 2.75) is 31.2 Å². The van der Waals surface area contributed by atoms with Gasteiger partial charge in [0.05, 0.1) is 10.3 Å². The summed E-state index contributed by atoms with van der Waals surface area (Å²) in [4.78, 5) is 27.5. The third-order valence-corrected chi connectivity index (χ3v) is 6.17. The SMILES string of the molecule is CCCCn1nc(C(=O)NNS(=O)(=O)c2ccc3c(c2)OCCO3)c2ccccc2c1=O. The summed E-state index contributed by atoms with van der Waals surface area (Å²) in [5.74, 6) is -0.0297. The summed E-state index contributed by atoms with van der Waals surface area (Å²) in [6.45, 7) is 3.03. The van der Waals surface area contributed by atoms with E-state index in [1.165, 1.54) is 22.9 Å². The first-order chi connectivity index (χ1) is 15.4. The number of sulfonamides is 1. The average molecular weight is 458 g/mol. The predicted octanol–water partition coefficient (Wildman–Crippen LogP) is 1.59. The molecule has 1 amide bonds. The number of carbonyl (C=O) groups is 1. The summed E-state index contributed by atoms with van der Waals surface area (Å²) in [6, 6.07) is 10.7. The van der Waals surface area contributed by atoms with Crippen LogP contribution >= 0.6 is 0 Å². The van der Waals surface area contributed by atoms with Crippen LogP contribution in [0.4, 0.5) is 0 Å². The maximum atomic E-state index is 12.8. The fraction of sp³-hybridized carbons (Fsp3) is 0.286. The number of rotatable bonds is 7. The van der Waals surface area contributed by atoms with Crippen molar-refractivity contribution in [3.8, 4) is 11.5 Å². The summed E-state index contributed by atoms with van der Waals surface area (Å²) in [7, 11) is -4.10. The van der Waals surface area contributed by atoms with Crippen LogP contribution in [0.25, 0.3) is 10.8 Å². The highest BCUT2D eigenvalue weighted by atomic mass is 32.2. The minimum absolute atomic E-state index is 0.0545. The summed E-state index contributed by atoms with van der Waals surface area (Å²) in [5.41, 5.74) is 1.83. The molecule has 32 heavy (non-hydrogen) atoms. The topological polar surface area (TPSA) is 129 Å². The quantitative estimate of drug-likeness (QED) is 0.515. The highest BCUT2D eigenvalue weighted by Crippen LogP contribution is 2.32. The van der Waals surface area contributed by atoms with Gasteiger partial charge in [-0.15, -0.1) is 4.83 Å². The molecular weight excluding hydrogens is 436 g/mol. The van der Waals surface area contributed by atoms with E-state index < -0.39 is 15.9 Å². The minimum Gasteiger partial charge on any atom is -0.486 e. The fourth-order valence-corrected chi connectivity index (χ4v) is 4.14. The van der Waals surface area contributed by atoms with E-state index in [-0.39, 0.29) is 16.1 Å². The van der Waals surface area contributed by atoms with Crippen LogP contribution in [0.5, 0.6) is 11.5 Å². The Hall–Kier alpha value is -3.44. The molecule has 2 heterocycles. The monoisotopic (exact) mass is 458 g/mol. The summed E-state index contributed by atoms with van der Waals surface area (Å²) in [6.07, 6.45) is 1.56. The molecule has 1 aliphatic heterocycles. The molecule has 4 rings (SSSR count). The molecule has 0 saturated heterocycles. The Bertz CT molecular complexity index is 1340. The number of nitrogens with one attached hydrogen (secondary N) is 2. The molecule has 10 nitrogen and oxygen atoms in total. The number of hydrazine groups is 1. The largest absolute Gasteiger partial charge is 0.486 e. The number of hydrogen-bond donors (Lipinski definition) is 2. The Morgan fingerprint density at radius 1 is 1.09 bits per heavy atom. The van der Waals surface area contributed by atoms with Gasteiger partial charge in [0.15, 0.2) is 17.2 Å². The lowest BCUT2D eigenvalue weighted by Gasteiger charge is -2.19. The van der Waals surface area contributed by atoms with Crippen LogP contribution < -0.4 is 25.3 Å². The maximum Gasteiger partial charge on any atom is 0.287 e. The van der Waals surface area contributed by atoms with Gasteiger partial charge in [-0.1, -0.05) is 31.5 Å². The fourth-order valence-electron chi connectivity index (χ4n) is 3.28. The van der Waals surface area contributed by atoms with Gasteiger partial charge < -0.3 is 9.47 Å². The zero-order chi connectivity index (χ0) is 22.7. The van der Waals surface area contributed by atoms with Gasteiger partial charge in [0.25, 0.3) is 21.5 Å². The van der Waals surface area contributed by atoms with Crippen molar-refractivity contribution in [1.82, 2.24) is 20.0 Å². The Kier molecular flexibility index (Phi) is 6.10. The molecule has 3 aromatic rings. The van der Waals surface area contributed by atoms with E-state index in [1.807, 2.05) is 6.92 Å². The standard InChI is InChI=1S/C21H22N4O6S/c1-2-3-10-25-21(27)16-7-5-4-6-15(16)19(23-25)20(26)22-24-32(28,29)14-8-9-17-18(13-14)31-12-11-30-17/h4-9,13,24H,2-3,10-12H2,1H3,(H,22,26). The van der Waals surface area contributed by atoms with Gasteiger partial charge in [-0.25, -0.2) is 13.1 Å². The zero-order valence-corrected chi connectivity index (χ0v) is 18.1.